The molecule has 0 amide bonds. The summed E-state index contributed by atoms with van der Waals surface area (Å²) < 4.78 is 5.63. The van der Waals surface area contributed by atoms with Crippen LogP contribution in [0.15, 0.2) is 0 Å². The molecular formula is C13H25NO. The molecule has 1 N–H and O–H groups in total. The summed E-state index contributed by atoms with van der Waals surface area (Å²) in [6.45, 7) is 7.80. The Kier molecular flexibility index (Phi) is 3.68. The van der Waals surface area contributed by atoms with Crippen LogP contribution < -0.4 is 5.32 Å². The quantitative estimate of drug-likeness (QED) is 0.774. The maximum absolute atomic E-state index is 5.63. The van der Waals surface area contributed by atoms with Gasteiger partial charge in [-0.25, -0.2) is 0 Å². The summed E-state index contributed by atoms with van der Waals surface area (Å²) in [5.74, 6) is 0.815. The second-order valence-electron chi connectivity index (χ2n) is 5.57. The van der Waals surface area contributed by atoms with Crippen LogP contribution in [-0.2, 0) is 4.74 Å². The highest BCUT2D eigenvalue weighted by Gasteiger charge is 2.41. The second kappa shape index (κ2) is 4.84. The van der Waals surface area contributed by atoms with E-state index >= 15 is 0 Å². The van der Waals surface area contributed by atoms with Crippen LogP contribution in [0.1, 0.15) is 46.0 Å². The highest BCUT2D eigenvalue weighted by atomic mass is 16.5. The van der Waals surface area contributed by atoms with Gasteiger partial charge in [0, 0.05) is 19.3 Å². The molecule has 2 nitrogen and oxygen atoms in total. The van der Waals surface area contributed by atoms with Gasteiger partial charge in [-0.1, -0.05) is 13.8 Å². The zero-order valence-electron chi connectivity index (χ0n) is 10.2. The van der Waals surface area contributed by atoms with Gasteiger partial charge in [-0.3, -0.25) is 0 Å². The Morgan fingerprint density at radius 3 is 2.93 bits per heavy atom. The lowest BCUT2D eigenvalue weighted by molar-refractivity contribution is -0.00124. The molecule has 1 heterocycles. The Labute approximate surface area is 93.8 Å². The van der Waals surface area contributed by atoms with E-state index < -0.39 is 0 Å². The molecule has 2 fully saturated rings. The summed E-state index contributed by atoms with van der Waals surface area (Å²) in [6.07, 6.45) is 6.76. The molecule has 2 rings (SSSR count). The summed E-state index contributed by atoms with van der Waals surface area (Å²) in [4.78, 5) is 0. The Hall–Kier alpha value is -0.0800. The fraction of sp³-hybridized carbons (Fsp3) is 1.00. The van der Waals surface area contributed by atoms with Gasteiger partial charge in [0.1, 0.15) is 0 Å². The summed E-state index contributed by atoms with van der Waals surface area (Å²) in [7, 11) is 0. The Bertz CT molecular complexity index is 201. The first-order chi connectivity index (χ1) is 7.24. The molecule has 2 heteroatoms. The largest absolute Gasteiger partial charge is 0.381 e. The van der Waals surface area contributed by atoms with Crippen LogP contribution in [0.2, 0.25) is 0 Å². The Morgan fingerprint density at radius 2 is 2.27 bits per heavy atom. The van der Waals surface area contributed by atoms with Gasteiger partial charge in [-0.15, -0.1) is 0 Å². The molecule has 0 radical (unpaired) electrons. The second-order valence-corrected chi connectivity index (χ2v) is 5.57. The SMILES string of the molecule is CCNC1CCC(C)(C2CCCOC2)C1. The van der Waals surface area contributed by atoms with Gasteiger partial charge in [-0.05, 0) is 50.0 Å². The van der Waals surface area contributed by atoms with Gasteiger partial charge in [-0.2, -0.15) is 0 Å². The van der Waals surface area contributed by atoms with Crippen molar-refractivity contribution >= 4 is 0 Å². The minimum absolute atomic E-state index is 0.549. The molecule has 1 aliphatic heterocycles. The van der Waals surface area contributed by atoms with Crippen LogP contribution in [0, 0.1) is 11.3 Å². The lowest BCUT2D eigenvalue weighted by atomic mass is 9.73. The summed E-state index contributed by atoms with van der Waals surface area (Å²) in [5.41, 5.74) is 0.549. The molecule has 0 aromatic heterocycles. The molecule has 0 aromatic carbocycles. The van der Waals surface area contributed by atoms with Crippen molar-refractivity contribution in [2.45, 2.75) is 52.0 Å². The van der Waals surface area contributed by atoms with Gasteiger partial charge in [0.05, 0.1) is 0 Å². The van der Waals surface area contributed by atoms with Crippen molar-refractivity contribution in [3.63, 3.8) is 0 Å². The number of hydrogen-bond acceptors (Lipinski definition) is 2. The Morgan fingerprint density at radius 1 is 1.40 bits per heavy atom. The molecule has 0 bridgehead atoms. The maximum Gasteiger partial charge on any atom is 0.0499 e. The minimum Gasteiger partial charge on any atom is -0.381 e. The standard InChI is InChI=1S/C13H25NO/c1-3-14-12-6-7-13(2,9-12)11-5-4-8-15-10-11/h11-12,14H,3-10H2,1-2H3. The number of rotatable bonds is 3. The van der Waals surface area contributed by atoms with Gasteiger partial charge in [0.15, 0.2) is 0 Å². The Balaban J connectivity index is 1.89. The topological polar surface area (TPSA) is 21.3 Å². The fourth-order valence-corrected chi connectivity index (χ4v) is 3.40. The van der Waals surface area contributed by atoms with Crippen LogP contribution in [0.3, 0.4) is 0 Å². The summed E-state index contributed by atoms with van der Waals surface area (Å²) in [5, 5.41) is 3.60. The lowest BCUT2D eigenvalue weighted by Gasteiger charge is -2.37. The normalized spacial score (nSPS) is 42.0. The fourth-order valence-electron chi connectivity index (χ4n) is 3.40. The van der Waals surface area contributed by atoms with Crippen LogP contribution in [0.4, 0.5) is 0 Å². The maximum atomic E-state index is 5.63. The predicted molar refractivity (Wildman–Crippen MR) is 63.0 cm³/mol. The highest BCUT2D eigenvalue weighted by Crippen LogP contribution is 2.46. The van der Waals surface area contributed by atoms with Crippen molar-refractivity contribution in [3.05, 3.63) is 0 Å². The monoisotopic (exact) mass is 211 g/mol. The van der Waals surface area contributed by atoms with Crippen LogP contribution in [-0.4, -0.2) is 25.8 Å². The highest BCUT2D eigenvalue weighted by molar-refractivity contribution is 4.94. The first-order valence-corrected chi connectivity index (χ1v) is 6.56. The third-order valence-electron chi connectivity index (χ3n) is 4.42. The zero-order chi connectivity index (χ0) is 10.7. The molecule has 0 aromatic rings. The average molecular weight is 211 g/mol. The van der Waals surface area contributed by atoms with Crippen molar-refractivity contribution in [1.29, 1.82) is 0 Å². The van der Waals surface area contributed by atoms with Gasteiger partial charge < -0.3 is 10.1 Å². The molecule has 1 saturated heterocycles. The van der Waals surface area contributed by atoms with E-state index in [0.29, 0.717) is 5.41 Å². The van der Waals surface area contributed by atoms with E-state index in [1.165, 1.54) is 32.1 Å². The molecule has 2 aliphatic rings. The van der Waals surface area contributed by atoms with Crippen molar-refractivity contribution < 1.29 is 4.74 Å². The number of nitrogens with one attached hydrogen (secondary N) is 1. The zero-order valence-corrected chi connectivity index (χ0v) is 10.2. The molecular weight excluding hydrogens is 186 g/mol. The van der Waals surface area contributed by atoms with Crippen molar-refractivity contribution in [1.82, 2.24) is 5.32 Å². The van der Waals surface area contributed by atoms with E-state index in [1.54, 1.807) is 0 Å². The summed E-state index contributed by atoms with van der Waals surface area (Å²) >= 11 is 0. The van der Waals surface area contributed by atoms with Crippen molar-refractivity contribution in [2.24, 2.45) is 11.3 Å². The molecule has 1 saturated carbocycles. The third kappa shape index (κ3) is 2.54. The predicted octanol–water partition coefficient (Wildman–Crippen LogP) is 2.58. The molecule has 3 atom stereocenters. The van der Waals surface area contributed by atoms with Crippen molar-refractivity contribution in [2.75, 3.05) is 19.8 Å². The molecule has 88 valence electrons. The molecule has 3 unspecified atom stereocenters. The molecule has 1 aliphatic carbocycles. The molecule has 0 spiro atoms. The van der Waals surface area contributed by atoms with E-state index in [0.717, 1.165) is 31.7 Å². The van der Waals surface area contributed by atoms with Crippen LogP contribution >= 0.6 is 0 Å². The van der Waals surface area contributed by atoms with Gasteiger partial charge in [0.2, 0.25) is 0 Å². The van der Waals surface area contributed by atoms with E-state index in [9.17, 15) is 0 Å². The van der Waals surface area contributed by atoms with E-state index in [4.69, 9.17) is 4.74 Å². The number of hydrogen-bond donors (Lipinski definition) is 1. The smallest absolute Gasteiger partial charge is 0.0499 e. The van der Waals surface area contributed by atoms with Crippen molar-refractivity contribution in [3.8, 4) is 0 Å². The third-order valence-corrected chi connectivity index (χ3v) is 4.42. The first-order valence-electron chi connectivity index (χ1n) is 6.56. The minimum atomic E-state index is 0.549. The van der Waals surface area contributed by atoms with Gasteiger partial charge >= 0.3 is 0 Å². The average Bonchev–Trinajstić information content (AvgIpc) is 2.64. The van der Waals surface area contributed by atoms with E-state index in [1.807, 2.05) is 0 Å². The number of ether oxygens (including phenoxy) is 1. The lowest BCUT2D eigenvalue weighted by Crippen LogP contribution is -2.34. The van der Waals surface area contributed by atoms with E-state index in [2.05, 4.69) is 19.2 Å². The first kappa shape index (κ1) is 11.4. The van der Waals surface area contributed by atoms with Crippen LogP contribution in [0.5, 0.6) is 0 Å². The molecule has 15 heavy (non-hydrogen) atoms. The summed E-state index contributed by atoms with van der Waals surface area (Å²) in [6, 6.07) is 0.766. The van der Waals surface area contributed by atoms with E-state index in [-0.39, 0.29) is 0 Å². The van der Waals surface area contributed by atoms with Gasteiger partial charge in [0.25, 0.3) is 0 Å². The van der Waals surface area contributed by atoms with Crippen LogP contribution in [0.25, 0.3) is 0 Å².